The molecule has 2 N–H and O–H groups in total. The van der Waals surface area contributed by atoms with Gasteiger partial charge in [0.2, 0.25) is 5.91 Å². The maximum Gasteiger partial charge on any atom is 0.239 e. The molecule has 4 heteroatoms. The highest BCUT2D eigenvalue weighted by Crippen LogP contribution is 2.23. The van der Waals surface area contributed by atoms with E-state index in [0.717, 1.165) is 32.5 Å². The topological polar surface area (TPSA) is 49.6 Å². The molecule has 22 heavy (non-hydrogen) atoms. The van der Waals surface area contributed by atoms with E-state index in [-0.39, 0.29) is 17.9 Å². The minimum absolute atomic E-state index is 0.172. The van der Waals surface area contributed by atoms with Crippen LogP contribution in [0.3, 0.4) is 0 Å². The Balaban J connectivity index is 1.87. The van der Waals surface area contributed by atoms with Gasteiger partial charge in [-0.2, -0.15) is 0 Å². The maximum atomic E-state index is 12.6. The van der Waals surface area contributed by atoms with Gasteiger partial charge in [-0.3, -0.25) is 4.79 Å². The van der Waals surface area contributed by atoms with Crippen LogP contribution in [0.2, 0.25) is 0 Å². The van der Waals surface area contributed by atoms with E-state index >= 15 is 0 Å². The summed E-state index contributed by atoms with van der Waals surface area (Å²) >= 11 is 0. The molecule has 0 bridgehead atoms. The fourth-order valence-corrected chi connectivity index (χ4v) is 3.88. The lowest BCUT2D eigenvalue weighted by molar-refractivity contribution is -0.135. The van der Waals surface area contributed by atoms with Crippen molar-refractivity contribution in [3.05, 3.63) is 0 Å². The number of hydrogen-bond donors (Lipinski definition) is 1. The van der Waals surface area contributed by atoms with Crippen molar-refractivity contribution in [1.29, 1.82) is 0 Å². The van der Waals surface area contributed by atoms with Crippen LogP contribution in [0.25, 0.3) is 0 Å². The number of piperidine rings is 2. The summed E-state index contributed by atoms with van der Waals surface area (Å²) in [5.74, 6) is 1.07. The Hall–Kier alpha value is -0.610. The Morgan fingerprint density at radius 1 is 1.23 bits per heavy atom. The molecule has 4 atom stereocenters. The van der Waals surface area contributed by atoms with Crippen molar-refractivity contribution >= 4 is 5.91 Å². The average molecular weight is 309 g/mol. The van der Waals surface area contributed by atoms with E-state index in [2.05, 4.69) is 25.7 Å². The van der Waals surface area contributed by atoms with E-state index in [9.17, 15) is 4.79 Å². The molecule has 0 aromatic rings. The quantitative estimate of drug-likeness (QED) is 0.849. The Morgan fingerprint density at radius 3 is 2.68 bits per heavy atom. The molecule has 2 rings (SSSR count). The Labute approximate surface area is 136 Å². The van der Waals surface area contributed by atoms with Crippen LogP contribution in [0.15, 0.2) is 0 Å². The van der Waals surface area contributed by atoms with Gasteiger partial charge in [-0.1, -0.05) is 26.7 Å². The summed E-state index contributed by atoms with van der Waals surface area (Å²) in [5.41, 5.74) is 6.15. The standard InChI is InChI=1S/C18H35N3O/c1-4-14(2)17(19)18(22)21-11-7-9-16(13-21)12-20-10-6-5-8-15(20)3/h14-17H,4-13,19H2,1-3H3. The molecule has 128 valence electrons. The van der Waals surface area contributed by atoms with Gasteiger partial charge in [-0.15, -0.1) is 0 Å². The van der Waals surface area contributed by atoms with Crippen molar-refractivity contribution in [2.45, 2.75) is 71.4 Å². The summed E-state index contributed by atoms with van der Waals surface area (Å²) in [7, 11) is 0. The minimum atomic E-state index is -0.322. The zero-order valence-electron chi connectivity index (χ0n) is 14.8. The second kappa shape index (κ2) is 8.30. The molecule has 1 amide bonds. The lowest BCUT2D eigenvalue weighted by Gasteiger charge is -2.40. The van der Waals surface area contributed by atoms with Gasteiger partial charge in [0.1, 0.15) is 0 Å². The van der Waals surface area contributed by atoms with Gasteiger partial charge < -0.3 is 15.5 Å². The molecule has 0 saturated carbocycles. The van der Waals surface area contributed by atoms with E-state index in [0.29, 0.717) is 12.0 Å². The maximum absolute atomic E-state index is 12.6. The highest BCUT2D eigenvalue weighted by atomic mass is 16.2. The molecule has 0 spiro atoms. The minimum Gasteiger partial charge on any atom is -0.341 e. The zero-order chi connectivity index (χ0) is 16.1. The molecule has 2 saturated heterocycles. The van der Waals surface area contributed by atoms with Gasteiger partial charge in [0.25, 0.3) is 0 Å². The summed E-state index contributed by atoms with van der Waals surface area (Å²) in [5, 5.41) is 0. The fraction of sp³-hybridized carbons (Fsp3) is 0.944. The highest BCUT2D eigenvalue weighted by Gasteiger charge is 2.31. The van der Waals surface area contributed by atoms with Gasteiger partial charge >= 0.3 is 0 Å². The van der Waals surface area contributed by atoms with Crippen LogP contribution in [0.1, 0.15) is 59.3 Å². The molecule has 0 aromatic carbocycles. The number of likely N-dealkylation sites (tertiary alicyclic amines) is 2. The molecule has 0 radical (unpaired) electrons. The fourth-order valence-electron chi connectivity index (χ4n) is 3.88. The number of carbonyl (C=O) groups excluding carboxylic acids is 1. The van der Waals surface area contributed by atoms with Gasteiger partial charge in [0, 0.05) is 25.7 Å². The van der Waals surface area contributed by atoms with Crippen LogP contribution < -0.4 is 5.73 Å². The van der Waals surface area contributed by atoms with Gasteiger partial charge in [0.15, 0.2) is 0 Å². The predicted molar refractivity (Wildman–Crippen MR) is 91.6 cm³/mol. The van der Waals surface area contributed by atoms with Crippen molar-refractivity contribution < 1.29 is 4.79 Å². The third-order valence-electron chi connectivity index (χ3n) is 5.81. The number of rotatable bonds is 5. The van der Waals surface area contributed by atoms with Crippen molar-refractivity contribution in [2.75, 3.05) is 26.2 Å². The van der Waals surface area contributed by atoms with Gasteiger partial charge in [-0.05, 0) is 51.0 Å². The number of nitrogens with zero attached hydrogens (tertiary/aromatic N) is 2. The van der Waals surface area contributed by atoms with Crippen LogP contribution in [-0.4, -0.2) is 54.0 Å². The summed E-state index contributed by atoms with van der Waals surface area (Å²) < 4.78 is 0. The second-order valence-electron chi connectivity index (χ2n) is 7.54. The SMILES string of the molecule is CCC(C)C(N)C(=O)N1CCCC(CN2CCCCC2C)C1. The molecule has 4 nitrogen and oxygen atoms in total. The smallest absolute Gasteiger partial charge is 0.239 e. The molecule has 2 fully saturated rings. The zero-order valence-corrected chi connectivity index (χ0v) is 14.8. The third-order valence-corrected chi connectivity index (χ3v) is 5.81. The summed E-state index contributed by atoms with van der Waals surface area (Å²) in [6.07, 6.45) is 7.39. The van der Waals surface area contributed by atoms with Gasteiger partial charge in [-0.25, -0.2) is 0 Å². The van der Waals surface area contributed by atoms with Crippen LogP contribution in [0.5, 0.6) is 0 Å². The van der Waals surface area contributed by atoms with Gasteiger partial charge in [0.05, 0.1) is 6.04 Å². The molecule has 2 aliphatic heterocycles. The Morgan fingerprint density at radius 2 is 2.00 bits per heavy atom. The third kappa shape index (κ3) is 4.45. The van der Waals surface area contributed by atoms with Crippen molar-refractivity contribution in [3.8, 4) is 0 Å². The van der Waals surface area contributed by atoms with Crippen LogP contribution in [0, 0.1) is 11.8 Å². The molecule has 2 heterocycles. The van der Waals surface area contributed by atoms with E-state index in [4.69, 9.17) is 5.73 Å². The number of amides is 1. The predicted octanol–water partition coefficient (Wildman–Crippen LogP) is 2.47. The molecule has 2 aliphatic rings. The lowest BCUT2D eigenvalue weighted by Crippen LogP contribution is -2.52. The normalized spacial score (nSPS) is 30.1. The van der Waals surface area contributed by atoms with Crippen LogP contribution in [-0.2, 0) is 4.79 Å². The molecular formula is C18H35N3O. The Bertz CT molecular complexity index is 360. The van der Waals surface area contributed by atoms with E-state index in [1.54, 1.807) is 0 Å². The first-order chi connectivity index (χ1) is 10.5. The highest BCUT2D eigenvalue weighted by molar-refractivity contribution is 5.82. The van der Waals surface area contributed by atoms with Crippen molar-refractivity contribution in [1.82, 2.24) is 9.80 Å². The van der Waals surface area contributed by atoms with Crippen LogP contribution in [0.4, 0.5) is 0 Å². The number of hydrogen-bond acceptors (Lipinski definition) is 3. The number of carbonyl (C=O) groups is 1. The molecule has 0 aliphatic carbocycles. The first-order valence-corrected chi connectivity index (χ1v) is 9.31. The average Bonchev–Trinajstić information content (AvgIpc) is 2.55. The lowest BCUT2D eigenvalue weighted by atomic mass is 9.93. The number of nitrogens with two attached hydrogens (primary N) is 1. The van der Waals surface area contributed by atoms with Crippen LogP contribution >= 0.6 is 0 Å². The molecular weight excluding hydrogens is 274 g/mol. The van der Waals surface area contributed by atoms with E-state index in [1.165, 1.54) is 32.2 Å². The largest absolute Gasteiger partial charge is 0.341 e. The second-order valence-corrected chi connectivity index (χ2v) is 7.54. The Kier molecular flexibility index (Phi) is 6.69. The molecule has 0 aromatic heterocycles. The first kappa shape index (κ1) is 17.7. The summed E-state index contributed by atoms with van der Waals surface area (Å²) in [6.45, 7) is 10.7. The van der Waals surface area contributed by atoms with Crippen molar-refractivity contribution in [3.63, 3.8) is 0 Å². The monoisotopic (exact) mass is 309 g/mol. The first-order valence-electron chi connectivity index (χ1n) is 9.31. The van der Waals surface area contributed by atoms with E-state index < -0.39 is 0 Å². The summed E-state index contributed by atoms with van der Waals surface area (Å²) in [6, 6.07) is 0.389. The van der Waals surface area contributed by atoms with E-state index in [1.807, 2.05) is 4.90 Å². The molecule has 4 unspecified atom stereocenters. The summed E-state index contributed by atoms with van der Waals surface area (Å²) in [4.78, 5) is 17.3. The van der Waals surface area contributed by atoms with Crippen molar-refractivity contribution in [2.24, 2.45) is 17.6 Å².